The Bertz CT molecular complexity index is 250. The van der Waals surface area contributed by atoms with Crippen LogP contribution in [0, 0.1) is 0 Å². The molecule has 0 bridgehead atoms. The fourth-order valence-electron chi connectivity index (χ4n) is 2.76. The van der Waals surface area contributed by atoms with Gasteiger partial charge in [0.1, 0.15) is 6.10 Å². The molecule has 0 spiro atoms. The number of amides is 1. The van der Waals surface area contributed by atoms with E-state index in [0.29, 0.717) is 6.04 Å². The number of hydrogen-bond donors (Lipinski definition) is 2. The molecule has 1 saturated carbocycles. The zero-order valence-corrected chi connectivity index (χ0v) is 10.7. The predicted molar refractivity (Wildman–Crippen MR) is 66.8 cm³/mol. The van der Waals surface area contributed by atoms with E-state index in [0.717, 1.165) is 51.5 Å². The summed E-state index contributed by atoms with van der Waals surface area (Å²) in [6.07, 6.45) is 7.63. The number of nitrogens with one attached hydrogen (secondary N) is 2. The zero-order chi connectivity index (χ0) is 12.1. The van der Waals surface area contributed by atoms with Crippen molar-refractivity contribution in [3.8, 4) is 0 Å². The summed E-state index contributed by atoms with van der Waals surface area (Å²) in [6.45, 7) is 0.811. The Balaban J connectivity index is 1.78. The average molecular weight is 240 g/mol. The molecule has 2 rings (SSSR count). The van der Waals surface area contributed by atoms with Crippen LogP contribution < -0.4 is 10.6 Å². The fourth-order valence-corrected chi connectivity index (χ4v) is 2.76. The maximum atomic E-state index is 11.8. The monoisotopic (exact) mass is 240 g/mol. The minimum Gasteiger partial charge on any atom is -0.365 e. The van der Waals surface area contributed by atoms with Crippen molar-refractivity contribution < 1.29 is 9.53 Å². The van der Waals surface area contributed by atoms with Gasteiger partial charge < -0.3 is 15.4 Å². The van der Waals surface area contributed by atoms with Crippen molar-refractivity contribution in [2.75, 3.05) is 13.6 Å². The largest absolute Gasteiger partial charge is 0.365 e. The van der Waals surface area contributed by atoms with Gasteiger partial charge in [0.05, 0.1) is 6.10 Å². The van der Waals surface area contributed by atoms with E-state index in [9.17, 15) is 4.79 Å². The second kappa shape index (κ2) is 6.36. The molecule has 1 atom stereocenters. The van der Waals surface area contributed by atoms with E-state index in [4.69, 9.17) is 4.74 Å². The van der Waals surface area contributed by atoms with Crippen LogP contribution in [0.5, 0.6) is 0 Å². The normalized spacial score (nSPS) is 35.1. The molecule has 98 valence electrons. The molecule has 4 nitrogen and oxygen atoms in total. The lowest BCUT2D eigenvalue weighted by Crippen LogP contribution is -2.39. The summed E-state index contributed by atoms with van der Waals surface area (Å²) in [5, 5.41) is 6.24. The van der Waals surface area contributed by atoms with E-state index in [1.54, 1.807) is 0 Å². The Morgan fingerprint density at radius 2 is 1.94 bits per heavy atom. The summed E-state index contributed by atoms with van der Waals surface area (Å²) in [6, 6.07) is 0.637. The quantitative estimate of drug-likeness (QED) is 0.779. The minimum absolute atomic E-state index is 0.0956. The molecule has 2 fully saturated rings. The van der Waals surface area contributed by atoms with Crippen molar-refractivity contribution in [2.45, 2.75) is 63.2 Å². The molecular formula is C13H24N2O2. The van der Waals surface area contributed by atoms with Gasteiger partial charge in [-0.05, 0) is 52.0 Å². The summed E-state index contributed by atoms with van der Waals surface area (Å²) in [7, 11) is 2.02. The van der Waals surface area contributed by atoms with Crippen LogP contribution in [0.1, 0.15) is 44.9 Å². The maximum Gasteiger partial charge on any atom is 0.249 e. The van der Waals surface area contributed by atoms with Crippen molar-refractivity contribution in [1.82, 2.24) is 10.6 Å². The van der Waals surface area contributed by atoms with Crippen molar-refractivity contribution in [3.05, 3.63) is 0 Å². The van der Waals surface area contributed by atoms with E-state index in [1.807, 2.05) is 7.05 Å². The first-order valence-electron chi connectivity index (χ1n) is 6.90. The summed E-state index contributed by atoms with van der Waals surface area (Å²) < 4.78 is 5.98. The molecule has 1 aliphatic carbocycles. The van der Waals surface area contributed by atoms with Crippen LogP contribution in [0.3, 0.4) is 0 Å². The topological polar surface area (TPSA) is 50.4 Å². The number of hydrogen-bond acceptors (Lipinski definition) is 3. The van der Waals surface area contributed by atoms with Crippen molar-refractivity contribution in [1.29, 1.82) is 0 Å². The third kappa shape index (κ3) is 3.68. The lowest BCUT2D eigenvalue weighted by atomic mass is 9.93. The molecule has 0 aromatic carbocycles. The van der Waals surface area contributed by atoms with Crippen molar-refractivity contribution in [3.63, 3.8) is 0 Å². The third-order valence-corrected chi connectivity index (χ3v) is 3.92. The molecule has 0 aromatic heterocycles. The molecule has 2 N–H and O–H groups in total. The molecule has 2 aliphatic rings. The molecule has 17 heavy (non-hydrogen) atoms. The van der Waals surface area contributed by atoms with E-state index in [1.165, 1.54) is 0 Å². The van der Waals surface area contributed by atoms with Gasteiger partial charge in [-0.1, -0.05) is 0 Å². The second-order valence-electron chi connectivity index (χ2n) is 5.17. The standard InChI is InChI=1S/C13H24N2O2/c1-14-10-5-7-11(8-6-10)17-12-4-2-3-9-15-13(12)16/h10-12,14H,2-9H2,1H3,(H,15,16). The summed E-state index contributed by atoms with van der Waals surface area (Å²) in [5.74, 6) is 0.0956. The van der Waals surface area contributed by atoms with Crippen LogP contribution in [0.15, 0.2) is 0 Å². The first kappa shape index (κ1) is 12.8. The SMILES string of the molecule is CNC1CCC(OC2CCCCNC2=O)CC1. The highest BCUT2D eigenvalue weighted by molar-refractivity contribution is 5.80. The first-order valence-corrected chi connectivity index (χ1v) is 6.90. The third-order valence-electron chi connectivity index (χ3n) is 3.92. The Hall–Kier alpha value is -0.610. The zero-order valence-electron chi connectivity index (χ0n) is 10.7. The molecule has 1 heterocycles. The maximum absolute atomic E-state index is 11.8. The summed E-state index contributed by atoms with van der Waals surface area (Å²) in [4.78, 5) is 11.8. The number of ether oxygens (including phenoxy) is 1. The van der Waals surface area contributed by atoms with E-state index in [2.05, 4.69) is 10.6 Å². The molecule has 0 aromatic rings. The fraction of sp³-hybridized carbons (Fsp3) is 0.923. The van der Waals surface area contributed by atoms with Gasteiger partial charge in [-0.25, -0.2) is 0 Å². The number of carbonyl (C=O) groups is 1. The Morgan fingerprint density at radius 1 is 1.18 bits per heavy atom. The van der Waals surface area contributed by atoms with E-state index in [-0.39, 0.29) is 18.1 Å². The van der Waals surface area contributed by atoms with Gasteiger partial charge >= 0.3 is 0 Å². The van der Waals surface area contributed by atoms with E-state index >= 15 is 0 Å². The van der Waals surface area contributed by atoms with Gasteiger partial charge in [0.25, 0.3) is 0 Å². The molecule has 0 radical (unpaired) electrons. The Kier molecular flexibility index (Phi) is 4.80. The van der Waals surface area contributed by atoms with Crippen LogP contribution in [-0.4, -0.2) is 37.7 Å². The molecule has 4 heteroatoms. The van der Waals surface area contributed by atoms with Crippen LogP contribution in [0.4, 0.5) is 0 Å². The molecule has 1 aliphatic heterocycles. The summed E-state index contributed by atoms with van der Waals surface area (Å²) >= 11 is 0. The van der Waals surface area contributed by atoms with Crippen LogP contribution in [0.25, 0.3) is 0 Å². The highest BCUT2D eigenvalue weighted by Gasteiger charge is 2.27. The van der Waals surface area contributed by atoms with Crippen LogP contribution in [-0.2, 0) is 9.53 Å². The average Bonchev–Trinajstić information content (AvgIpc) is 2.56. The second-order valence-corrected chi connectivity index (χ2v) is 5.17. The van der Waals surface area contributed by atoms with Crippen LogP contribution in [0.2, 0.25) is 0 Å². The smallest absolute Gasteiger partial charge is 0.249 e. The lowest BCUT2D eigenvalue weighted by molar-refractivity contribution is -0.138. The molecule has 1 saturated heterocycles. The number of rotatable bonds is 3. The highest BCUT2D eigenvalue weighted by atomic mass is 16.5. The van der Waals surface area contributed by atoms with Crippen molar-refractivity contribution >= 4 is 5.91 Å². The first-order chi connectivity index (χ1) is 8.29. The van der Waals surface area contributed by atoms with Crippen LogP contribution >= 0.6 is 0 Å². The Labute approximate surface area is 103 Å². The number of carbonyl (C=O) groups excluding carboxylic acids is 1. The molecular weight excluding hydrogens is 216 g/mol. The van der Waals surface area contributed by atoms with E-state index < -0.39 is 0 Å². The van der Waals surface area contributed by atoms with Crippen molar-refractivity contribution in [2.24, 2.45) is 0 Å². The molecule has 1 amide bonds. The molecule has 1 unspecified atom stereocenters. The summed E-state index contributed by atoms with van der Waals surface area (Å²) in [5.41, 5.74) is 0. The van der Waals surface area contributed by atoms with Gasteiger partial charge in [0, 0.05) is 12.6 Å². The minimum atomic E-state index is -0.200. The highest BCUT2D eigenvalue weighted by Crippen LogP contribution is 2.23. The lowest BCUT2D eigenvalue weighted by Gasteiger charge is -2.30. The predicted octanol–water partition coefficient (Wildman–Crippen LogP) is 1.20. The van der Waals surface area contributed by atoms with Gasteiger partial charge in [-0.3, -0.25) is 4.79 Å². The van der Waals surface area contributed by atoms with Gasteiger partial charge in [-0.15, -0.1) is 0 Å². The Morgan fingerprint density at radius 3 is 2.65 bits per heavy atom. The van der Waals surface area contributed by atoms with Gasteiger partial charge in [-0.2, -0.15) is 0 Å². The van der Waals surface area contributed by atoms with Gasteiger partial charge in [0.15, 0.2) is 0 Å². The van der Waals surface area contributed by atoms with Gasteiger partial charge in [0.2, 0.25) is 5.91 Å².